The van der Waals surface area contributed by atoms with E-state index in [4.69, 9.17) is 5.73 Å². The molecule has 1 amide bonds. The van der Waals surface area contributed by atoms with Gasteiger partial charge in [0.05, 0.1) is 6.54 Å². The number of aromatic nitrogens is 2. The summed E-state index contributed by atoms with van der Waals surface area (Å²) in [5.74, 6) is 0.822. The van der Waals surface area contributed by atoms with Crippen molar-refractivity contribution in [1.82, 2.24) is 14.9 Å². The lowest BCUT2D eigenvalue weighted by atomic mass is 9.87. The first-order valence-corrected chi connectivity index (χ1v) is 6.26. The van der Waals surface area contributed by atoms with Gasteiger partial charge < -0.3 is 15.6 Å². The highest BCUT2D eigenvalue weighted by Crippen LogP contribution is 2.20. The van der Waals surface area contributed by atoms with E-state index in [1.165, 1.54) is 0 Å². The molecule has 0 fully saturated rings. The Bertz CT molecular complexity index is 392. The lowest BCUT2D eigenvalue weighted by molar-refractivity contribution is -0.121. The van der Waals surface area contributed by atoms with Crippen molar-refractivity contribution in [2.45, 2.75) is 46.2 Å². The van der Waals surface area contributed by atoms with Gasteiger partial charge in [-0.2, -0.15) is 0 Å². The van der Waals surface area contributed by atoms with Crippen LogP contribution in [0.1, 0.15) is 39.4 Å². The van der Waals surface area contributed by atoms with Crippen LogP contribution in [0.2, 0.25) is 0 Å². The predicted molar refractivity (Wildman–Crippen MR) is 71.7 cm³/mol. The van der Waals surface area contributed by atoms with E-state index in [1.807, 2.05) is 17.8 Å². The molecule has 0 saturated carbocycles. The van der Waals surface area contributed by atoms with Crippen molar-refractivity contribution in [3.63, 3.8) is 0 Å². The third-order valence-electron chi connectivity index (χ3n) is 2.69. The molecule has 0 spiro atoms. The molecular formula is C13H24N4O. The Morgan fingerprint density at radius 3 is 2.72 bits per heavy atom. The highest BCUT2D eigenvalue weighted by molar-refractivity contribution is 5.76. The van der Waals surface area contributed by atoms with Gasteiger partial charge in [0.2, 0.25) is 5.91 Å². The largest absolute Gasteiger partial charge is 0.349 e. The van der Waals surface area contributed by atoms with E-state index in [1.54, 1.807) is 6.20 Å². The molecule has 1 heterocycles. The van der Waals surface area contributed by atoms with Gasteiger partial charge in [0.25, 0.3) is 0 Å². The Morgan fingerprint density at radius 1 is 1.56 bits per heavy atom. The van der Waals surface area contributed by atoms with Crippen molar-refractivity contribution in [3.8, 4) is 0 Å². The van der Waals surface area contributed by atoms with Crippen LogP contribution in [0.25, 0.3) is 0 Å². The number of imidazole rings is 1. The molecule has 18 heavy (non-hydrogen) atoms. The number of hydrogen-bond donors (Lipinski definition) is 2. The third kappa shape index (κ3) is 5.31. The molecule has 1 atom stereocenters. The minimum absolute atomic E-state index is 0.0187. The van der Waals surface area contributed by atoms with Gasteiger partial charge in [-0.05, 0) is 11.8 Å². The van der Waals surface area contributed by atoms with Gasteiger partial charge in [0.1, 0.15) is 5.82 Å². The Labute approximate surface area is 109 Å². The van der Waals surface area contributed by atoms with E-state index in [2.05, 4.69) is 31.1 Å². The first kappa shape index (κ1) is 14.7. The monoisotopic (exact) mass is 252 g/mol. The Morgan fingerprint density at radius 2 is 2.22 bits per heavy atom. The van der Waals surface area contributed by atoms with Crippen LogP contribution in [-0.4, -0.2) is 21.5 Å². The maximum atomic E-state index is 11.7. The zero-order valence-electron chi connectivity index (χ0n) is 11.7. The van der Waals surface area contributed by atoms with E-state index in [0.29, 0.717) is 13.0 Å². The molecule has 0 aliphatic rings. The lowest BCUT2D eigenvalue weighted by Gasteiger charge is -2.22. The van der Waals surface area contributed by atoms with Gasteiger partial charge in [-0.3, -0.25) is 4.79 Å². The summed E-state index contributed by atoms with van der Waals surface area (Å²) in [7, 11) is 1.90. The SMILES string of the molecule is Cn1ccnc1CNC(=O)CC(N)CC(C)(C)C. The molecule has 0 radical (unpaired) electrons. The molecule has 5 heteroatoms. The molecule has 1 aromatic heterocycles. The van der Waals surface area contributed by atoms with Crippen molar-refractivity contribution >= 4 is 5.91 Å². The van der Waals surface area contributed by atoms with E-state index < -0.39 is 0 Å². The number of carbonyl (C=O) groups is 1. The number of nitrogens with two attached hydrogens (primary N) is 1. The van der Waals surface area contributed by atoms with E-state index >= 15 is 0 Å². The molecule has 102 valence electrons. The van der Waals surface area contributed by atoms with Crippen LogP contribution >= 0.6 is 0 Å². The molecule has 0 aliphatic heterocycles. The summed E-state index contributed by atoms with van der Waals surface area (Å²) in [5, 5.41) is 2.84. The summed E-state index contributed by atoms with van der Waals surface area (Å²) >= 11 is 0. The second kappa shape index (κ2) is 6.00. The van der Waals surface area contributed by atoms with Crippen LogP contribution in [0, 0.1) is 5.41 Å². The molecule has 0 aromatic carbocycles. The second-order valence-electron chi connectivity index (χ2n) is 5.96. The number of nitrogens with zero attached hydrogens (tertiary/aromatic N) is 2. The third-order valence-corrected chi connectivity index (χ3v) is 2.69. The molecule has 0 saturated heterocycles. The fourth-order valence-electron chi connectivity index (χ4n) is 1.91. The fourth-order valence-corrected chi connectivity index (χ4v) is 1.91. The minimum atomic E-state index is -0.0913. The number of amides is 1. The summed E-state index contributed by atoms with van der Waals surface area (Å²) in [5.41, 5.74) is 6.11. The van der Waals surface area contributed by atoms with Crippen LogP contribution < -0.4 is 11.1 Å². The summed E-state index contributed by atoms with van der Waals surface area (Å²) in [6.45, 7) is 6.82. The smallest absolute Gasteiger partial charge is 0.221 e. The number of aryl methyl sites for hydroxylation is 1. The van der Waals surface area contributed by atoms with Gasteiger partial charge in [-0.1, -0.05) is 20.8 Å². The summed E-state index contributed by atoms with van der Waals surface area (Å²) in [4.78, 5) is 15.9. The van der Waals surface area contributed by atoms with Crippen molar-refractivity contribution < 1.29 is 4.79 Å². The summed E-state index contributed by atoms with van der Waals surface area (Å²) in [6.07, 6.45) is 4.77. The van der Waals surface area contributed by atoms with Gasteiger partial charge >= 0.3 is 0 Å². The van der Waals surface area contributed by atoms with E-state index in [0.717, 1.165) is 12.2 Å². The topological polar surface area (TPSA) is 72.9 Å². The van der Waals surface area contributed by atoms with Crippen molar-refractivity contribution in [1.29, 1.82) is 0 Å². The highest BCUT2D eigenvalue weighted by atomic mass is 16.1. The summed E-state index contributed by atoms with van der Waals surface area (Å²) < 4.78 is 1.88. The number of hydrogen-bond acceptors (Lipinski definition) is 3. The normalized spacial score (nSPS) is 13.4. The zero-order valence-corrected chi connectivity index (χ0v) is 11.7. The van der Waals surface area contributed by atoms with Crippen LogP contribution in [0.15, 0.2) is 12.4 Å². The number of carbonyl (C=O) groups excluding carboxylic acids is 1. The first-order valence-electron chi connectivity index (χ1n) is 6.26. The molecule has 1 unspecified atom stereocenters. The van der Waals surface area contributed by atoms with Gasteiger partial charge in [-0.15, -0.1) is 0 Å². The maximum absolute atomic E-state index is 11.7. The van der Waals surface area contributed by atoms with Crippen molar-refractivity contribution in [3.05, 3.63) is 18.2 Å². The Hall–Kier alpha value is -1.36. The molecule has 0 bridgehead atoms. The van der Waals surface area contributed by atoms with Crippen LogP contribution in [0.4, 0.5) is 0 Å². The van der Waals surface area contributed by atoms with Crippen LogP contribution in [-0.2, 0) is 18.4 Å². The number of rotatable bonds is 5. The highest BCUT2D eigenvalue weighted by Gasteiger charge is 2.18. The average molecular weight is 252 g/mol. The minimum Gasteiger partial charge on any atom is -0.349 e. The van der Waals surface area contributed by atoms with Crippen molar-refractivity contribution in [2.24, 2.45) is 18.2 Å². The fraction of sp³-hybridized carbons (Fsp3) is 0.692. The summed E-state index contributed by atoms with van der Waals surface area (Å²) in [6, 6.07) is -0.0913. The first-order chi connectivity index (χ1) is 8.28. The molecule has 3 N–H and O–H groups in total. The zero-order chi connectivity index (χ0) is 13.8. The number of nitrogens with one attached hydrogen (secondary N) is 1. The molecule has 1 rings (SSSR count). The van der Waals surface area contributed by atoms with Crippen molar-refractivity contribution in [2.75, 3.05) is 0 Å². The lowest BCUT2D eigenvalue weighted by Crippen LogP contribution is -2.34. The Balaban J connectivity index is 2.32. The molecule has 5 nitrogen and oxygen atoms in total. The molecule has 1 aromatic rings. The maximum Gasteiger partial charge on any atom is 0.221 e. The van der Waals surface area contributed by atoms with Crippen LogP contribution in [0.5, 0.6) is 0 Å². The van der Waals surface area contributed by atoms with Crippen LogP contribution in [0.3, 0.4) is 0 Å². The predicted octanol–water partition coefficient (Wildman–Crippen LogP) is 1.19. The Kier molecular flexibility index (Phi) is 4.90. The van der Waals surface area contributed by atoms with Gasteiger partial charge in [0.15, 0.2) is 0 Å². The van der Waals surface area contributed by atoms with Gasteiger partial charge in [-0.25, -0.2) is 4.98 Å². The van der Waals surface area contributed by atoms with Gasteiger partial charge in [0, 0.05) is 31.9 Å². The quantitative estimate of drug-likeness (QED) is 0.826. The molecular weight excluding hydrogens is 228 g/mol. The molecule has 0 aliphatic carbocycles. The van der Waals surface area contributed by atoms with E-state index in [-0.39, 0.29) is 17.4 Å². The second-order valence-corrected chi connectivity index (χ2v) is 5.96. The van der Waals surface area contributed by atoms with E-state index in [9.17, 15) is 4.79 Å². The standard InChI is InChI=1S/C13H24N4O/c1-13(2,3)8-10(14)7-12(18)16-9-11-15-5-6-17(11)4/h5-6,10H,7-9,14H2,1-4H3,(H,16,18). The average Bonchev–Trinajstić information content (AvgIpc) is 2.57.